The minimum atomic E-state index is -0.789. The lowest BCUT2D eigenvalue weighted by Gasteiger charge is -2.28. The number of carbonyl (C=O) groups excluding carboxylic acids is 1. The molecular weight excluding hydrogens is 168 g/mol. The SMILES string of the molecule is C=CC1(OC)C=CC(=O)C=C1OC. The normalized spacial score (nSPS) is 26.9. The van der Waals surface area contributed by atoms with Crippen LogP contribution in [0.2, 0.25) is 0 Å². The topological polar surface area (TPSA) is 35.5 Å². The van der Waals surface area contributed by atoms with Crippen LogP contribution >= 0.6 is 0 Å². The number of rotatable bonds is 3. The second-order valence-electron chi connectivity index (χ2n) is 2.65. The van der Waals surface area contributed by atoms with Crippen LogP contribution in [0.4, 0.5) is 0 Å². The van der Waals surface area contributed by atoms with Crippen LogP contribution in [0.25, 0.3) is 0 Å². The first-order chi connectivity index (χ1) is 6.18. The second kappa shape index (κ2) is 3.58. The van der Waals surface area contributed by atoms with Gasteiger partial charge in [-0.05, 0) is 18.2 Å². The molecule has 0 aromatic rings. The highest BCUT2D eigenvalue weighted by Gasteiger charge is 2.32. The average molecular weight is 180 g/mol. The van der Waals surface area contributed by atoms with E-state index in [0.717, 1.165) is 0 Å². The molecule has 0 fully saturated rings. The third kappa shape index (κ3) is 1.55. The first-order valence-electron chi connectivity index (χ1n) is 3.86. The lowest BCUT2D eigenvalue weighted by Crippen LogP contribution is -2.32. The van der Waals surface area contributed by atoms with Crippen LogP contribution in [0, 0.1) is 0 Å². The van der Waals surface area contributed by atoms with E-state index >= 15 is 0 Å². The Balaban J connectivity index is 3.10. The molecule has 0 spiro atoms. The minimum absolute atomic E-state index is 0.105. The molecule has 1 rings (SSSR count). The van der Waals surface area contributed by atoms with Gasteiger partial charge in [0.2, 0.25) is 0 Å². The first-order valence-corrected chi connectivity index (χ1v) is 3.86. The van der Waals surface area contributed by atoms with Crippen molar-refractivity contribution in [2.75, 3.05) is 14.2 Å². The maximum atomic E-state index is 11.0. The molecule has 0 amide bonds. The van der Waals surface area contributed by atoms with Gasteiger partial charge in [0, 0.05) is 13.2 Å². The number of hydrogen-bond donors (Lipinski definition) is 0. The van der Waals surface area contributed by atoms with Crippen LogP contribution in [0.1, 0.15) is 0 Å². The molecule has 0 heterocycles. The van der Waals surface area contributed by atoms with E-state index in [1.165, 1.54) is 26.4 Å². The molecule has 1 unspecified atom stereocenters. The molecule has 3 nitrogen and oxygen atoms in total. The zero-order valence-corrected chi connectivity index (χ0v) is 7.74. The first kappa shape index (κ1) is 9.74. The molecule has 13 heavy (non-hydrogen) atoms. The highest BCUT2D eigenvalue weighted by molar-refractivity contribution is 6.01. The molecule has 1 aliphatic carbocycles. The predicted molar refractivity (Wildman–Crippen MR) is 49.2 cm³/mol. The predicted octanol–water partition coefficient (Wildman–Crippen LogP) is 1.23. The number of hydrogen-bond acceptors (Lipinski definition) is 3. The van der Waals surface area contributed by atoms with Gasteiger partial charge in [0.25, 0.3) is 0 Å². The van der Waals surface area contributed by atoms with Crippen molar-refractivity contribution in [1.82, 2.24) is 0 Å². The van der Waals surface area contributed by atoms with Gasteiger partial charge in [-0.25, -0.2) is 0 Å². The zero-order valence-electron chi connectivity index (χ0n) is 7.74. The summed E-state index contributed by atoms with van der Waals surface area (Å²) in [6.07, 6.45) is 6.05. The van der Waals surface area contributed by atoms with E-state index in [1.807, 2.05) is 0 Å². The minimum Gasteiger partial charge on any atom is -0.497 e. The van der Waals surface area contributed by atoms with Crippen molar-refractivity contribution < 1.29 is 14.3 Å². The van der Waals surface area contributed by atoms with Crippen LogP contribution in [0.15, 0.2) is 36.6 Å². The summed E-state index contributed by atoms with van der Waals surface area (Å²) < 4.78 is 10.3. The summed E-state index contributed by atoms with van der Waals surface area (Å²) in [7, 11) is 3.03. The monoisotopic (exact) mass is 180 g/mol. The van der Waals surface area contributed by atoms with Gasteiger partial charge < -0.3 is 9.47 Å². The fourth-order valence-electron chi connectivity index (χ4n) is 1.22. The Morgan fingerprint density at radius 3 is 2.69 bits per heavy atom. The quantitative estimate of drug-likeness (QED) is 0.613. The van der Waals surface area contributed by atoms with Crippen molar-refractivity contribution in [2.24, 2.45) is 0 Å². The Hall–Kier alpha value is -1.35. The zero-order chi connectivity index (χ0) is 9.90. The van der Waals surface area contributed by atoms with E-state index in [-0.39, 0.29) is 5.78 Å². The molecule has 0 aromatic heterocycles. The Kier molecular flexibility index (Phi) is 2.68. The summed E-state index contributed by atoms with van der Waals surface area (Å²) in [5.74, 6) is 0.351. The maximum Gasteiger partial charge on any atom is 0.181 e. The van der Waals surface area contributed by atoms with E-state index in [4.69, 9.17) is 9.47 Å². The Morgan fingerprint density at radius 2 is 2.23 bits per heavy atom. The molecule has 0 N–H and O–H groups in total. The Bertz CT molecular complexity index is 289. The summed E-state index contributed by atoms with van der Waals surface area (Å²) in [6, 6.07) is 0. The van der Waals surface area contributed by atoms with Crippen molar-refractivity contribution in [1.29, 1.82) is 0 Å². The third-order valence-corrected chi connectivity index (χ3v) is 2.01. The maximum absolute atomic E-state index is 11.0. The van der Waals surface area contributed by atoms with Crippen LogP contribution < -0.4 is 0 Å². The van der Waals surface area contributed by atoms with Gasteiger partial charge >= 0.3 is 0 Å². The van der Waals surface area contributed by atoms with Gasteiger partial charge in [0.15, 0.2) is 11.4 Å². The Morgan fingerprint density at radius 1 is 1.54 bits per heavy atom. The van der Waals surface area contributed by atoms with Gasteiger partial charge in [0.05, 0.1) is 7.11 Å². The summed E-state index contributed by atoms with van der Waals surface area (Å²) in [5.41, 5.74) is -0.789. The van der Waals surface area contributed by atoms with Gasteiger partial charge in [-0.15, -0.1) is 0 Å². The molecule has 3 heteroatoms. The fraction of sp³-hybridized carbons (Fsp3) is 0.300. The van der Waals surface area contributed by atoms with E-state index in [2.05, 4.69) is 6.58 Å². The van der Waals surface area contributed by atoms with E-state index in [1.54, 1.807) is 12.2 Å². The van der Waals surface area contributed by atoms with Crippen molar-refractivity contribution in [3.63, 3.8) is 0 Å². The average Bonchev–Trinajstić information content (AvgIpc) is 2.18. The summed E-state index contributed by atoms with van der Waals surface area (Å²) >= 11 is 0. The highest BCUT2D eigenvalue weighted by atomic mass is 16.5. The van der Waals surface area contributed by atoms with Gasteiger partial charge in [-0.1, -0.05) is 6.58 Å². The molecule has 70 valence electrons. The van der Waals surface area contributed by atoms with Crippen LogP contribution in [0.5, 0.6) is 0 Å². The van der Waals surface area contributed by atoms with E-state index in [0.29, 0.717) is 5.76 Å². The molecule has 1 aliphatic rings. The molecular formula is C10H12O3. The van der Waals surface area contributed by atoms with Crippen LogP contribution in [0.3, 0.4) is 0 Å². The molecule has 0 bridgehead atoms. The fourth-order valence-corrected chi connectivity index (χ4v) is 1.22. The van der Waals surface area contributed by atoms with Crippen molar-refractivity contribution >= 4 is 5.78 Å². The smallest absolute Gasteiger partial charge is 0.181 e. The number of ketones is 1. The molecule has 0 saturated carbocycles. The van der Waals surface area contributed by atoms with Gasteiger partial charge in [0.1, 0.15) is 5.76 Å². The Labute approximate surface area is 77.3 Å². The summed E-state index contributed by atoms with van der Waals surface area (Å²) in [6.45, 7) is 3.64. The number of methoxy groups -OCH3 is 2. The number of carbonyl (C=O) groups is 1. The van der Waals surface area contributed by atoms with E-state index < -0.39 is 5.60 Å². The molecule has 0 aromatic carbocycles. The number of allylic oxidation sites excluding steroid dienone is 2. The molecule has 0 saturated heterocycles. The summed E-state index contributed by atoms with van der Waals surface area (Å²) in [5, 5.41) is 0. The van der Waals surface area contributed by atoms with Crippen LogP contribution in [-0.4, -0.2) is 25.6 Å². The van der Waals surface area contributed by atoms with Gasteiger partial charge in [-0.3, -0.25) is 4.79 Å². The van der Waals surface area contributed by atoms with Crippen molar-refractivity contribution in [3.05, 3.63) is 36.6 Å². The lowest BCUT2D eigenvalue weighted by atomic mass is 9.95. The van der Waals surface area contributed by atoms with Gasteiger partial charge in [-0.2, -0.15) is 0 Å². The van der Waals surface area contributed by atoms with Crippen LogP contribution in [-0.2, 0) is 14.3 Å². The van der Waals surface area contributed by atoms with Crippen molar-refractivity contribution in [3.8, 4) is 0 Å². The third-order valence-electron chi connectivity index (χ3n) is 2.01. The molecule has 0 radical (unpaired) electrons. The molecule has 1 atom stereocenters. The number of ether oxygens (including phenoxy) is 2. The van der Waals surface area contributed by atoms with Crippen molar-refractivity contribution in [2.45, 2.75) is 5.60 Å². The van der Waals surface area contributed by atoms with E-state index in [9.17, 15) is 4.79 Å². The molecule has 0 aliphatic heterocycles. The largest absolute Gasteiger partial charge is 0.497 e. The summed E-state index contributed by atoms with van der Waals surface area (Å²) in [4.78, 5) is 11.0. The standard InChI is InChI=1S/C10H12O3/c1-4-10(13-3)6-5-8(11)7-9(10)12-2/h4-7H,1H2,2-3H3. The second-order valence-corrected chi connectivity index (χ2v) is 2.65. The lowest BCUT2D eigenvalue weighted by molar-refractivity contribution is -0.111. The highest BCUT2D eigenvalue weighted by Crippen LogP contribution is 2.27.